The van der Waals surface area contributed by atoms with E-state index in [0.29, 0.717) is 5.17 Å². The Morgan fingerprint density at radius 1 is 1.62 bits per heavy atom. The average molecular weight is 237 g/mol. The van der Waals surface area contributed by atoms with Crippen molar-refractivity contribution in [1.82, 2.24) is 10.6 Å². The molecule has 0 bridgehead atoms. The Morgan fingerprint density at radius 2 is 2.25 bits per heavy atom. The summed E-state index contributed by atoms with van der Waals surface area (Å²) in [5, 5.41) is 0.679. The lowest BCUT2D eigenvalue weighted by Crippen LogP contribution is -2.44. The Balaban J connectivity index is 2.57. The number of amides is 1. The van der Waals surface area contributed by atoms with Crippen LogP contribution in [0.4, 0.5) is 13.2 Å². The average Bonchev–Trinajstić information content (AvgIpc) is 2.16. The minimum atomic E-state index is -4.48. The first-order valence-corrected chi connectivity index (χ1v) is 4.28. The highest BCUT2D eigenvalue weighted by atomic mass is 19.4. The van der Waals surface area contributed by atoms with Gasteiger partial charge in [-0.05, 0) is 19.1 Å². The minimum absolute atomic E-state index is 0.0584. The maximum atomic E-state index is 12.2. The third-order valence-corrected chi connectivity index (χ3v) is 1.71. The van der Waals surface area contributed by atoms with E-state index in [1.165, 1.54) is 18.4 Å². The number of hydrazine groups is 1. The van der Waals surface area contributed by atoms with Crippen molar-refractivity contribution in [3.05, 3.63) is 24.0 Å². The number of carbonyl (C=O) groups excluding carboxylic acids is 1. The smallest absolute Gasteiger partial charge is 0.364 e. The van der Waals surface area contributed by atoms with Crippen LogP contribution in [0.25, 0.3) is 0 Å². The molecule has 1 rings (SSSR count). The standard InChI is InChI=1S/C8H10F3N3O2/c1-5(8(9,10)11)16-14-4-2-3-6(13-14)7(12)15/h2-5,13H,1H3,(H2,12,15). The number of rotatable bonds is 3. The quantitative estimate of drug-likeness (QED) is 0.753. The first kappa shape index (κ1) is 12.4. The molecule has 5 nitrogen and oxygen atoms in total. The molecule has 0 saturated carbocycles. The summed E-state index contributed by atoms with van der Waals surface area (Å²) in [6, 6.07) is 0. The summed E-state index contributed by atoms with van der Waals surface area (Å²) in [6.45, 7) is 0.845. The number of allylic oxidation sites excluding steroid dienone is 2. The summed E-state index contributed by atoms with van der Waals surface area (Å²) in [4.78, 5) is 15.2. The van der Waals surface area contributed by atoms with Crippen molar-refractivity contribution in [3.63, 3.8) is 0 Å². The number of carbonyl (C=O) groups is 1. The second kappa shape index (κ2) is 4.44. The van der Waals surface area contributed by atoms with Crippen molar-refractivity contribution < 1.29 is 22.8 Å². The molecule has 3 N–H and O–H groups in total. The molecule has 0 radical (unpaired) electrons. The second-order valence-electron chi connectivity index (χ2n) is 3.01. The van der Waals surface area contributed by atoms with E-state index in [1.54, 1.807) is 0 Å². The Morgan fingerprint density at radius 3 is 2.75 bits per heavy atom. The van der Waals surface area contributed by atoms with Crippen molar-refractivity contribution in [2.45, 2.75) is 19.2 Å². The molecule has 1 atom stereocenters. The molecule has 1 heterocycles. The van der Waals surface area contributed by atoms with Gasteiger partial charge in [-0.15, -0.1) is 0 Å². The first-order chi connectivity index (χ1) is 7.30. The zero-order valence-corrected chi connectivity index (χ0v) is 8.28. The van der Waals surface area contributed by atoms with Crippen LogP contribution in [0.5, 0.6) is 0 Å². The third-order valence-electron chi connectivity index (χ3n) is 1.71. The van der Waals surface area contributed by atoms with E-state index in [1.807, 2.05) is 0 Å². The molecule has 8 heteroatoms. The zero-order chi connectivity index (χ0) is 12.3. The van der Waals surface area contributed by atoms with Crippen LogP contribution in [-0.2, 0) is 9.63 Å². The predicted molar refractivity (Wildman–Crippen MR) is 48.0 cm³/mol. The minimum Gasteiger partial charge on any atom is -0.364 e. The molecule has 0 aliphatic carbocycles. The Kier molecular flexibility index (Phi) is 3.43. The molecule has 0 fully saturated rings. The van der Waals surface area contributed by atoms with Gasteiger partial charge in [0, 0.05) is 0 Å². The molecule has 0 aromatic carbocycles. The largest absolute Gasteiger partial charge is 0.417 e. The SMILES string of the molecule is CC(ON1C=CC=C(C(N)=O)N1)C(F)(F)F. The van der Waals surface area contributed by atoms with Gasteiger partial charge in [-0.1, -0.05) is 0 Å². The fraction of sp³-hybridized carbons (Fsp3) is 0.375. The van der Waals surface area contributed by atoms with E-state index in [2.05, 4.69) is 10.3 Å². The van der Waals surface area contributed by atoms with Crippen LogP contribution in [0.15, 0.2) is 24.0 Å². The number of hydrogen-bond donors (Lipinski definition) is 2. The molecule has 1 amide bonds. The highest BCUT2D eigenvalue weighted by Crippen LogP contribution is 2.23. The molecule has 90 valence electrons. The fourth-order valence-electron chi connectivity index (χ4n) is 0.840. The normalized spacial score (nSPS) is 17.8. The summed E-state index contributed by atoms with van der Waals surface area (Å²) in [5.74, 6) is -0.794. The van der Waals surface area contributed by atoms with Gasteiger partial charge in [-0.25, -0.2) is 4.84 Å². The van der Waals surface area contributed by atoms with Crippen LogP contribution in [0.3, 0.4) is 0 Å². The fourth-order valence-corrected chi connectivity index (χ4v) is 0.840. The molecule has 0 saturated heterocycles. The molecule has 1 aliphatic rings. The predicted octanol–water partition coefficient (Wildman–Crippen LogP) is 0.572. The topological polar surface area (TPSA) is 67.6 Å². The van der Waals surface area contributed by atoms with E-state index in [-0.39, 0.29) is 5.70 Å². The van der Waals surface area contributed by atoms with Gasteiger partial charge in [0.25, 0.3) is 5.91 Å². The highest BCUT2D eigenvalue weighted by molar-refractivity contribution is 5.91. The number of hydroxylamine groups is 1. The van der Waals surface area contributed by atoms with Crippen molar-refractivity contribution in [2.24, 2.45) is 5.73 Å². The molecule has 0 aromatic rings. The van der Waals surface area contributed by atoms with E-state index >= 15 is 0 Å². The third kappa shape index (κ3) is 3.16. The van der Waals surface area contributed by atoms with Crippen molar-refractivity contribution in [3.8, 4) is 0 Å². The summed E-state index contributed by atoms with van der Waals surface area (Å²) < 4.78 is 36.5. The molecule has 1 unspecified atom stereocenters. The summed E-state index contributed by atoms with van der Waals surface area (Å²) in [5.41, 5.74) is 7.15. The Labute approximate surface area is 89.3 Å². The molecular weight excluding hydrogens is 227 g/mol. The zero-order valence-electron chi connectivity index (χ0n) is 8.28. The number of hydrogen-bond acceptors (Lipinski definition) is 4. The van der Waals surface area contributed by atoms with E-state index in [9.17, 15) is 18.0 Å². The first-order valence-electron chi connectivity index (χ1n) is 4.28. The van der Waals surface area contributed by atoms with Crippen LogP contribution in [0.1, 0.15) is 6.92 Å². The van der Waals surface area contributed by atoms with Gasteiger partial charge in [0.1, 0.15) is 5.70 Å². The molecule has 0 spiro atoms. The van der Waals surface area contributed by atoms with Crippen molar-refractivity contribution in [1.29, 1.82) is 0 Å². The van der Waals surface area contributed by atoms with E-state index < -0.39 is 18.2 Å². The summed E-state index contributed by atoms with van der Waals surface area (Å²) in [7, 11) is 0. The molecule has 0 aromatic heterocycles. The van der Waals surface area contributed by atoms with Crippen molar-refractivity contribution in [2.75, 3.05) is 0 Å². The van der Waals surface area contributed by atoms with Crippen LogP contribution in [0, 0.1) is 0 Å². The summed E-state index contributed by atoms with van der Waals surface area (Å²) in [6.07, 6.45) is -2.64. The van der Waals surface area contributed by atoms with Gasteiger partial charge in [0.2, 0.25) is 0 Å². The maximum absolute atomic E-state index is 12.2. The molecule has 1 aliphatic heterocycles. The van der Waals surface area contributed by atoms with Crippen molar-refractivity contribution >= 4 is 5.91 Å². The van der Waals surface area contributed by atoms with E-state index in [0.717, 1.165) is 6.92 Å². The monoisotopic (exact) mass is 237 g/mol. The van der Waals surface area contributed by atoms with Crippen LogP contribution >= 0.6 is 0 Å². The van der Waals surface area contributed by atoms with Crippen LogP contribution in [-0.4, -0.2) is 23.4 Å². The number of nitrogens with zero attached hydrogens (tertiary/aromatic N) is 1. The second-order valence-corrected chi connectivity index (χ2v) is 3.01. The number of nitrogens with two attached hydrogens (primary N) is 1. The van der Waals surface area contributed by atoms with Gasteiger partial charge in [-0.2, -0.15) is 18.3 Å². The Hall–Kier alpha value is -1.70. The highest BCUT2D eigenvalue weighted by Gasteiger charge is 2.39. The molecular formula is C8H10F3N3O2. The van der Waals surface area contributed by atoms with Gasteiger partial charge in [0.15, 0.2) is 6.10 Å². The van der Waals surface area contributed by atoms with E-state index in [4.69, 9.17) is 5.73 Å². The van der Waals surface area contributed by atoms with Crippen LogP contribution in [0.2, 0.25) is 0 Å². The number of primary amides is 1. The lowest BCUT2D eigenvalue weighted by atomic mass is 10.3. The number of nitrogens with one attached hydrogen (secondary N) is 1. The van der Waals surface area contributed by atoms with Gasteiger partial charge >= 0.3 is 6.18 Å². The number of alkyl halides is 3. The lowest BCUT2D eigenvalue weighted by Gasteiger charge is -2.27. The van der Waals surface area contributed by atoms with Gasteiger partial charge in [-0.3, -0.25) is 10.2 Å². The van der Waals surface area contributed by atoms with Gasteiger partial charge < -0.3 is 5.73 Å². The van der Waals surface area contributed by atoms with Crippen LogP contribution < -0.4 is 11.2 Å². The molecule has 16 heavy (non-hydrogen) atoms. The maximum Gasteiger partial charge on any atom is 0.417 e. The Bertz CT molecular complexity index is 338. The number of halogens is 3. The van der Waals surface area contributed by atoms with Gasteiger partial charge in [0.05, 0.1) is 6.20 Å². The summed E-state index contributed by atoms with van der Waals surface area (Å²) >= 11 is 0. The lowest BCUT2D eigenvalue weighted by molar-refractivity contribution is -0.289.